The van der Waals surface area contributed by atoms with Gasteiger partial charge in [-0.1, -0.05) is 18.2 Å². The van der Waals surface area contributed by atoms with Crippen molar-refractivity contribution in [2.45, 2.75) is 25.8 Å². The van der Waals surface area contributed by atoms with E-state index in [2.05, 4.69) is 5.32 Å². The summed E-state index contributed by atoms with van der Waals surface area (Å²) in [5.41, 5.74) is 1.57. The molecule has 0 bridgehead atoms. The van der Waals surface area contributed by atoms with Gasteiger partial charge >= 0.3 is 6.09 Å². The maximum absolute atomic E-state index is 12.8. The molecule has 0 aromatic heterocycles. The van der Waals surface area contributed by atoms with Crippen LogP contribution in [0.25, 0.3) is 6.08 Å². The smallest absolute Gasteiger partial charge is 0.407 e. The Hall–Kier alpha value is -2.50. The molecule has 1 N–H and O–H groups in total. The number of nitrogens with zero attached hydrogens (tertiary/aromatic N) is 1. The lowest BCUT2D eigenvalue weighted by Crippen LogP contribution is -2.50. The molecule has 3 rings (SSSR count). The maximum Gasteiger partial charge on any atom is 0.407 e. The summed E-state index contributed by atoms with van der Waals surface area (Å²) in [6.45, 7) is 3.58. The fraction of sp³-hybridized carbons (Fsp3) is 0.444. The lowest BCUT2D eigenvalue weighted by Gasteiger charge is -2.34. The molecule has 1 aromatic carbocycles. The maximum atomic E-state index is 12.8. The number of rotatable bonds is 3. The van der Waals surface area contributed by atoms with Crippen LogP contribution < -0.4 is 10.1 Å². The van der Waals surface area contributed by atoms with Crippen molar-refractivity contribution in [3.63, 3.8) is 0 Å². The third-order valence-corrected chi connectivity index (χ3v) is 4.21. The number of fused-ring (bicyclic) bond motifs is 1. The average Bonchev–Trinajstić information content (AvgIpc) is 2.61. The second-order valence-corrected chi connectivity index (χ2v) is 5.95. The van der Waals surface area contributed by atoms with Crippen LogP contribution in [0.15, 0.2) is 29.8 Å². The zero-order chi connectivity index (χ0) is 16.9. The zero-order valence-corrected chi connectivity index (χ0v) is 13.8. The predicted molar refractivity (Wildman–Crippen MR) is 89.7 cm³/mol. The highest BCUT2D eigenvalue weighted by atomic mass is 16.5. The van der Waals surface area contributed by atoms with E-state index >= 15 is 0 Å². The number of benzene rings is 1. The SMILES string of the molecule is CCOC(=O)N[C@@H]1CCCN(C(=O)C2=Cc3ccccc3OC2)C1. The summed E-state index contributed by atoms with van der Waals surface area (Å²) in [4.78, 5) is 26.1. The minimum absolute atomic E-state index is 0.0279. The molecule has 0 radical (unpaired) electrons. The number of amides is 2. The highest BCUT2D eigenvalue weighted by Gasteiger charge is 2.28. The van der Waals surface area contributed by atoms with E-state index in [-0.39, 0.29) is 18.6 Å². The summed E-state index contributed by atoms with van der Waals surface area (Å²) in [6, 6.07) is 7.59. The highest BCUT2D eigenvalue weighted by molar-refractivity contribution is 5.99. The van der Waals surface area contributed by atoms with Gasteiger partial charge in [-0.15, -0.1) is 0 Å². The summed E-state index contributed by atoms with van der Waals surface area (Å²) in [5, 5.41) is 2.82. The topological polar surface area (TPSA) is 67.9 Å². The Bertz CT molecular complexity index is 656. The van der Waals surface area contributed by atoms with Gasteiger partial charge in [0.1, 0.15) is 12.4 Å². The normalized spacial score (nSPS) is 19.6. The molecule has 2 heterocycles. The van der Waals surface area contributed by atoms with E-state index in [0.717, 1.165) is 24.2 Å². The predicted octanol–water partition coefficient (Wildman–Crippen LogP) is 2.20. The van der Waals surface area contributed by atoms with Crippen molar-refractivity contribution in [1.82, 2.24) is 10.2 Å². The second-order valence-electron chi connectivity index (χ2n) is 5.95. The summed E-state index contributed by atoms with van der Waals surface area (Å²) in [5.74, 6) is 0.773. The molecule has 128 valence electrons. The Morgan fingerprint density at radius 1 is 1.38 bits per heavy atom. The van der Waals surface area contributed by atoms with Crippen LogP contribution in [-0.4, -0.2) is 49.2 Å². The van der Waals surface area contributed by atoms with E-state index in [0.29, 0.717) is 25.3 Å². The number of ether oxygens (including phenoxy) is 2. The van der Waals surface area contributed by atoms with Crippen LogP contribution in [0, 0.1) is 0 Å². The zero-order valence-electron chi connectivity index (χ0n) is 13.8. The molecular formula is C18H22N2O4. The van der Waals surface area contributed by atoms with Crippen molar-refractivity contribution < 1.29 is 19.1 Å². The molecule has 1 saturated heterocycles. The number of hydrogen-bond donors (Lipinski definition) is 1. The first-order chi connectivity index (χ1) is 11.7. The lowest BCUT2D eigenvalue weighted by molar-refractivity contribution is -0.128. The molecule has 2 aliphatic rings. The Morgan fingerprint density at radius 3 is 3.04 bits per heavy atom. The van der Waals surface area contributed by atoms with Gasteiger partial charge in [0.2, 0.25) is 0 Å². The summed E-state index contributed by atoms with van der Waals surface area (Å²) in [6.07, 6.45) is 3.17. The Morgan fingerprint density at radius 2 is 2.21 bits per heavy atom. The molecule has 1 atom stereocenters. The van der Waals surface area contributed by atoms with Crippen molar-refractivity contribution in [2.24, 2.45) is 0 Å². The third kappa shape index (κ3) is 3.69. The molecule has 1 aromatic rings. The fourth-order valence-corrected chi connectivity index (χ4v) is 3.06. The van der Waals surface area contributed by atoms with Gasteiger partial charge in [0.05, 0.1) is 12.2 Å². The molecule has 1 fully saturated rings. The van der Waals surface area contributed by atoms with Gasteiger partial charge in [-0.3, -0.25) is 4.79 Å². The van der Waals surface area contributed by atoms with Crippen molar-refractivity contribution >= 4 is 18.1 Å². The molecule has 2 aliphatic heterocycles. The molecule has 24 heavy (non-hydrogen) atoms. The third-order valence-electron chi connectivity index (χ3n) is 4.21. The first-order valence-corrected chi connectivity index (χ1v) is 8.32. The summed E-state index contributed by atoms with van der Waals surface area (Å²) < 4.78 is 10.6. The van der Waals surface area contributed by atoms with E-state index in [1.54, 1.807) is 11.8 Å². The number of carbonyl (C=O) groups excluding carboxylic acids is 2. The number of nitrogens with one attached hydrogen (secondary N) is 1. The molecule has 0 aliphatic carbocycles. The van der Waals surface area contributed by atoms with Crippen molar-refractivity contribution in [3.8, 4) is 5.75 Å². The van der Waals surface area contributed by atoms with Gasteiger partial charge in [0, 0.05) is 24.7 Å². The van der Waals surface area contributed by atoms with Gasteiger partial charge in [-0.25, -0.2) is 4.79 Å². The van der Waals surface area contributed by atoms with Crippen LogP contribution >= 0.6 is 0 Å². The number of piperidine rings is 1. The summed E-state index contributed by atoms with van der Waals surface area (Å²) in [7, 11) is 0. The Kier molecular flexibility index (Phi) is 5.03. The Labute approximate surface area is 141 Å². The van der Waals surface area contributed by atoms with Crippen LogP contribution in [0.2, 0.25) is 0 Å². The second kappa shape index (κ2) is 7.38. The molecule has 6 heteroatoms. The first-order valence-electron chi connectivity index (χ1n) is 8.32. The minimum atomic E-state index is -0.425. The molecule has 0 spiro atoms. The number of para-hydroxylation sites is 1. The molecular weight excluding hydrogens is 308 g/mol. The van der Waals surface area contributed by atoms with Crippen molar-refractivity contribution in [3.05, 3.63) is 35.4 Å². The lowest BCUT2D eigenvalue weighted by atomic mass is 10.0. The Balaban J connectivity index is 1.65. The van der Waals surface area contributed by atoms with Gasteiger partial charge in [-0.05, 0) is 31.9 Å². The van der Waals surface area contributed by atoms with Crippen LogP contribution in [-0.2, 0) is 9.53 Å². The van der Waals surface area contributed by atoms with Crippen molar-refractivity contribution in [1.29, 1.82) is 0 Å². The van der Waals surface area contributed by atoms with Crippen LogP contribution in [0.3, 0.4) is 0 Å². The number of alkyl carbamates (subject to hydrolysis) is 1. The number of likely N-dealkylation sites (tertiary alicyclic amines) is 1. The minimum Gasteiger partial charge on any atom is -0.488 e. The van der Waals surface area contributed by atoms with Gasteiger partial charge in [0.15, 0.2) is 0 Å². The first kappa shape index (κ1) is 16.4. The van der Waals surface area contributed by atoms with E-state index in [1.165, 1.54) is 0 Å². The molecule has 2 amide bonds. The molecule has 0 unspecified atom stereocenters. The summed E-state index contributed by atoms with van der Waals surface area (Å²) >= 11 is 0. The number of hydrogen-bond acceptors (Lipinski definition) is 4. The van der Waals surface area contributed by atoms with Gasteiger partial charge < -0.3 is 19.7 Å². The van der Waals surface area contributed by atoms with Gasteiger partial charge in [-0.2, -0.15) is 0 Å². The number of carbonyl (C=O) groups is 2. The quantitative estimate of drug-likeness (QED) is 0.922. The highest BCUT2D eigenvalue weighted by Crippen LogP contribution is 2.27. The largest absolute Gasteiger partial charge is 0.488 e. The van der Waals surface area contributed by atoms with E-state index in [9.17, 15) is 9.59 Å². The van der Waals surface area contributed by atoms with Crippen LogP contribution in [0.4, 0.5) is 4.79 Å². The monoisotopic (exact) mass is 330 g/mol. The van der Waals surface area contributed by atoms with Gasteiger partial charge in [0.25, 0.3) is 5.91 Å². The van der Waals surface area contributed by atoms with E-state index < -0.39 is 6.09 Å². The van der Waals surface area contributed by atoms with E-state index in [4.69, 9.17) is 9.47 Å². The molecule has 0 saturated carbocycles. The van der Waals surface area contributed by atoms with Crippen LogP contribution in [0.5, 0.6) is 5.75 Å². The van der Waals surface area contributed by atoms with E-state index in [1.807, 2.05) is 30.3 Å². The molecule has 6 nitrogen and oxygen atoms in total. The van der Waals surface area contributed by atoms with Crippen molar-refractivity contribution in [2.75, 3.05) is 26.3 Å². The average molecular weight is 330 g/mol. The standard InChI is InChI=1S/C18H22N2O4/c1-2-23-18(22)19-15-7-5-9-20(11-15)17(21)14-10-13-6-3-4-8-16(13)24-12-14/h3-4,6,8,10,15H,2,5,7,9,11-12H2,1H3,(H,19,22)/t15-/m1/s1. The van der Waals surface area contributed by atoms with Crippen LogP contribution in [0.1, 0.15) is 25.3 Å². The fourth-order valence-electron chi connectivity index (χ4n) is 3.06.